The van der Waals surface area contributed by atoms with Crippen LogP contribution in [-0.4, -0.2) is 42.8 Å². The quantitative estimate of drug-likeness (QED) is 0.876. The van der Waals surface area contributed by atoms with Gasteiger partial charge < -0.3 is 15.5 Å². The molecule has 6 heteroatoms. The van der Waals surface area contributed by atoms with Crippen LogP contribution in [0.5, 0.6) is 0 Å². The van der Waals surface area contributed by atoms with Gasteiger partial charge in [-0.25, -0.2) is 0 Å². The topological polar surface area (TPSA) is 78.5 Å². The van der Waals surface area contributed by atoms with Crippen molar-refractivity contribution in [2.24, 2.45) is 0 Å². The fourth-order valence-electron chi connectivity index (χ4n) is 2.17. The Labute approximate surface area is 146 Å². The van der Waals surface area contributed by atoms with E-state index >= 15 is 0 Å². The van der Waals surface area contributed by atoms with Crippen LogP contribution in [0.2, 0.25) is 0 Å². The van der Waals surface area contributed by atoms with Gasteiger partial charge in [-0.2, -0.15) is 0 Å². The molecule has 0 aliphatic rings. The molecule has 2 aromatic rings. The predicted octanol–water partition coefficient (Wildman–Crippen LogP) is 2.15. The Balaban J connectivity index is 2.00. The number of hydrogen-bond acceptors (Lipinski definition) is 3. The fraction of sp³-hybridized carbons (Fsp3) is 0.211. The van der Waals surface area contributed by atoms with E-state index in [1.54, 1.807) is 69.6 Å². The van der Waals surface area contributed by atoms with Crippen molar-refractivity contribution in [3.63, 3.8) is 0 Å². The van der Waals surface area contributed by atoms with Crippen LogP contribution in [0.1, 0.15) is 27.6 Å². The highest BCUT2D eigenvalue weighted by molar-refractivity contribution is 6.01. The van der Waals surface area contributed by atoms with Gasteiger partial charge in [-0.3, -0.25) is 14.4 Å². The summed E-state index contributed by atoms with van der Waals surface area (Å²) < 4.78 is 0. The summed E-state index contributed by atoms with van der Waals surface area (Å²) in [6.45, 7) is 1.60. The average Bonchev–Trinajstić information content (AvgIpc) is 2.61. The number of nitrogens with zero attached hydrogens (tertiary/aromatic N) is 1. The maximum atomic E-state index is 12.3. The molecule has 0 radical (unpaired) electrons. The highest BCUT2D eigenvalue weighted by Crippen LogP contribution is 2.12. The zero-order valence-electron chi connectivity index (χ0n) is 14.4. The first kappa shape index (κ1) is 18.2. The lowest BCUT2D eigenvalue weighted by Gasteiger charge is -2.15. The van der Waals surface area contributed by atoms with Gasteiger partial charge in [-0.1, -0.05) is 24.3 Å². The molecule has 1 atom stereocenters. The number of carbonyl (C=O) groups excluding carboxylic acids is 3. The van der Waals surface area contributed by atoms with E-state index in [0.29, 0.717) is 16.8 Å². The molecule has 2 N–H and O–H groups in total. The fourth-order valence-corrected chi connectivity index (χ4v) is 2.17. The van der Waals surface area contributed by atoms with Crippen LogP contribution in [0.15, 0.2) is 54.6 Å². The molecule has 25 heavy (non-hydrogen) atoms. The highest BCUT2D eigenvalue weighted by atomic mass is 16.2. The molecule has 6 nitrogen and oxygen atoms in total. The van der Waals surface area contributed by atoms with Gasteiger partial charge in [0.1, 0.15) is 6.04 Å². The number of anilines is 1. The van der Waals surface area contributed by atoms with E-state index in [0.717, 1.165) is 0 Å². The SMILES string of the molecule is CC(NC(=O)c1ccccc1)C(=O)Nc1cccc(C(=O)N(C)C)c1. The zero-order valence-corrected chi connectivity index (χ0v) is 14.4. The smallest absolute Gasteiger partial charge is 0.253 e. The molecule has 0 aromatic heterocycles. The minimum Gasteiger partial charge on any atom is -0.345 e. The van der Waals surface area contributed by atoms with Crippen LogP contribution in [0.25, 0.3) is 0 Å². The number of hydrogen-bond donors (Lipinski definition) is 2. The van der Waals surface area contributed by atoms with Gasteiger partial charge in [-0.15, -0.1) is 0 Å². The van der Waals surface area contributed by atoms with E-state index in [-0.39, 0.29) is 17.7 Å². The average molecular weight is 339 g/mol. The second-order valence-corrected chi connectivity index (χ2v) is 5.83. The normalized spacial score (nSPS) is 11.3. The number of rotatable bonds is 5. The molecule has 0 aliphatic carbocycles. The third-order valence-electron chi connectivity index (χ3n) is 3.56. The van der Waals surface area contributed by atoms with Gasteiger partial charge in [0.15, 0.2) is 0 Å². The molecule has 0 bridgehead atoms. The molecule has 0 saturated heterocycles. The maximum Gasteiger partial charge on any atom is 0.253 e. The first-order chi connectivity index (χ1) is 11.9. The van der Waals surface area contributed by atoms with E-state index in [1.165, 1.54) is 4.90 Å². The van der Waals surface area contributed by atoms with E-state index in [1.807, 2.05) is 6.07 Å². The Bertz CT molecular complexity index is 772. The van der Waals surface area contributed by atoms with Gasteiger partial charge in [0.2, 0.25) is 5.91 Å². The molecule has 1 unspecified atom stereocenters. The zero-order chi connectivity index (χ0) is 18.4. The summed E-state index contributed by atoms with van der Waals surface area (Å²) in [7, 11) is 3.32. The second-order valence-electron chi connectivity index (χ2n) is 5.83. The maximum absolute atomic E-state index is 12.3. The third-order valence-corrected chi connectivity index (χ3v) is 3.56. The van der Waals surface area contributed by atoms with Crippen molar-refractivity contribution in [2.75, 3.05) is 19.4 Å². The van der Waals surface area contributed by atoms with Crippen LogP contribution in [-0.2, 0) is 4.79 Å². The second kappa shape index (κ2) is 8.10. The molecular formula is C19H21N3O3. The Kier molecular flexibility index (Phi) is 5.89. The van der Waals surface area contributed by atoms with Crippen molar-refractivity contribution < 1.29 is 14.4 Å². The van der Waals surface area contributed by atoms with E-state index in [4.69, 9.17) is 0 Å². The summed E-state index contributed by atoms with van der Waals surface area (Å²) in [6.07, 6.45) is 0. The summed E-state index contributed by atoms with van der Waals surface area (Å²) >= 11 is 0. The third kappa shape index (κ3) is 4.91. The van der Waals surface area contributed by atoms with Crippen molar-refractivity contribution in [2.45, 2.75) is 13.0 Å². The standard InChI is InChI=1S/C19H21N3O3/c1-13(20-18(24)14-8-5-4-6-9-14)17(23)21-16-11-7-10-15(12-16)19(25)22(2)3/h4-13H,1-3H3,(H,20,24)(H,21,23). The first-order valence-corrected chi connectivity index (χ1v) is 7.87. The summed E-state index contributed by atoms with van der Waals surface area (Å²) in [4.78, 5) is 37.8. The Morgan fingerprint density at radius 2 is 1.56 bits per heavy atom. The molecule has 2 rings (SSSR count). The number of carbonyl (C=O) groups is 3. The molecule has 0 heterocycles. The molecule has 2 aromatic carbocycles. The van der Waals surface area contributed by atoms with Crippen LogP contribution >= 0.6 is 0 Å². The summed E-state index contributed by atoms with van der Waals surface area (Å²) in [5.41, 5.74) is 1.46. The summed E-state index contributed by atoms with van der Waals surface area (Å²) in [6, 6.07) is 14.6. The van der Waals surface area contributed by atoms with Crippen LogP contribution < -0.4 is 10.6 Å². The largest absolute Gasteiger partial charge is 0.345 e. The first-order valence-electron chi connectivity index (χ1n) is 7.87. The highest BCUT2D eigenvalue weighted by Gasteiger charge is 2.17. The summed E-state index contributed by atoms with van der Waals surface area (Å²) in [5.74, 6) is -0.833. The van der Waals surface area contributed by atoms with Gasteiger partial charge in [0, 0.05) is 30.9 Å². The number of benzene rings is 2. The molecule has 0 fully saturated rings. The number of amides is 3. The molecular weight excluding hydrogens is 318 g/mol. The number of nitrogens with one attached hydrogen (secondary N) is 2. The lowest BCUT2D eigenvalue weighted by molar-refractivity contribution is -0.117. The van der Waals surface area contributed by atoms with Crippen molar-refractivity contribution >= 4 is 23.4 Å². The van der Waals surface area contributed by atoms with Crippen molar-refractivity contribution in [1.82, 2.24) is 10.2 Å². The molecule has 3 amide bonds. The minimum atomic E-state index is -0.721. The molecule has 130 valence electrons. The lowest BCUT2D eigenvalue weighted by atomic mass is 10.1. The summed E-state index contributed by atoms with van der Waals surface area (Å²) in [5, 5.41) is 5.35. The van der Waals surface area contributed by atoms with E-state index in [9.17, 15) is 14.4 Å². The predicted molar refractivity (Wildman–Crippen MR) is 96.5 cm³/mol. The minimum absolute atomic E-state index is 0.151. The Hall–Kier alpha value is -3.15. The van der Waals surface area contributed by atoms with Crippen molar-refractivity contribution in [3.8, 4) is 0 Å². The van der Waals surface area contributed by atoms with E-state index in [2.05, 4.69) is 10.6 Å². The van der Waals surface area contributed by atoms with Crippen LogP contribution in [0.4, 0.5) is 5.69 Å². The van der Waals surface area contributed by atoms with Gasteiger partial charge in [0.05, 0.1) is 0 Å². The molecule has 0 aliphatic heterocycles. The molecule has 0 spiro atoms. The Morgan fingerprint density at radius 3 is 2.20 bits per heavy atom. The van der Waals surface area contributed by atoms with Crippen molar-refractivity contribution in [1.29, 1.82) is 0 Å². The molecule has 0 saturated carbocycles. The van der Waals surface area contributed by atoms with Crippen LogP contribution in [0.3, 0.4) is 0 Å². The van der Waals surface area contributed by atoms with E-state index < -0.39 is 6.04 Å². The van der Waals surface area contributed by atoms with Crippen LogP contribution in [0, 0.1) is 0 Å². The van der Waals surface area contributed by atoms with Gasteiger partial charge >= 0.3 is 0 Å². The van der Waals surface area contributed by atoms with Gasteiger partial charge in [-0.05, 0) is 37.3 Å². The monoisotopic (exact) mass is 339 g/mol. The lowest BCUT2D eigenvalue weighted by Crippen LogP contribution is -2.41. The van der Waals surface area contributed by atoms with Crippen molar-refractivity contribution in [3.05, 3.63) is 65.7 Å². The van der Waals surface area contributed by atoms with Gasteiger partial charge in [0.25, 0.3) is 11.8 Å². The Morgan fingerprint density at radius 1 is 0.920 bits per heavy atom.